The number of aryl methyl sites for hydroxylation is 1. The van der Waals surface area contributed by atoms with Crippen molar-refractivity contribution in [1.29, 1.82) is 0 Å². The van der Waals surface area contributed by atoms with Crippen LogP contribution in [0, 0.1) is 0 Å². The SMILES string of the molecule is CC(=O)NCCCc1ccc(-c2csc(NC(=O)C3(N)CC3)n2)cc1. The van der Waals surface area contributed by atoms with Gasteiger partial charge in [-0.15, -0.1) is 11.3 Å². The van der Waals surface area contributed by atoms with Gasteiger partial charge < -0.3 is 16.4 Å². The molecule has 1 aliphatic carbocycles. The van der Waals surface area contributed by atoms with Crippen molar-refractivity contribution in [3.05, 3.63) is 35.2 Å². The molecule has 7 heteroatoms. The topological polar surface area (TPSA) is 97.1 Å². The Morgan fingerprint density at radius 2 is 2.00 bits per heavy atom. The van der Waals surface area contributed by atoms with Gasteiger partial charge in [-0.05, 0) is 31.2 Å². The van der Waals surface area contributed by atoms with E-state index >= 15 is 0 Å². The van der Waals surface area contributed by atoms with Crippen LogP contribution in [0.5, 0.6) is 0 Å². The van der Waals surface area contributed by atoms with Crippen molar-refractivity contribution in [3.63, 3.8) is 0 Å². The minimum atomic E-state index is -0.690. The summed E-state index contributed by atoms with van der Waals surface area (Å²) < 4.78 is 0. The predicted molar refractivity (Wildman–Crippen MR) is 99.3 cm³/mol. The quantitative estimate of drug-likeness (QED) is 0.662. The largest absolute Gasteiger partial charge is 0.356 e. The number of hydrogen-bond donors (Lipinski definition) is 3. The molecule has 0 aliphatic heterocycles. The van der Waals surface area contributed by atoms with Gasteiger partial charge in [-0.3, -0.25) is 9.59 Å². The molecule has 132 valence electrons. The maximum atomic E-state index is 12.0. The lowest BCUT2D eigenvalue weighted by atomic mass is 10.1. The zero-order chi connectivity index (χ0) is 17.9. The highest BCUT2D eigenvalue weighted by Gasteiger charge is 2.46. The third-order valence-corrected chi connectivity index (χ3v) is 4.99. The molecule has 1 heterocycles. The zero-order valence-corrected chi connectivity index (χ0v) is 15.0. The maximum Gasteiger partial charge on any atom is 0.246 e. The highest BCUT2D eigenvalue weighted by molar-refractivity contribution is 7.14. The van der Waals surface area contributed by atoms with Crippen molar-refractivity contribution in [2.45, 2.75) is 38.1 Å². The van der Waals surface area contributed by atoms with Crippen molar-refractivity contribution in [3.8, 4) is 11.3 Å². The van der Waals surface area contributed by atoms with E-state index in [1.54, 1.807) is 0 Å². The molecule has 6 nitrogen and oxygen atoms in total. The van der Waals surface area contributed by atoms with Crippen LogP contribution < -0.4 is 16.4 Å². The number of carbonyl (C=O) groups excluding carboxylic acids is 2. The Morgan fingerprint density at radius 3 is 2.64 bits per heavy atom. The molecule has 2 amide bonds. The molecule has 1 aromatic heterocycles. The Balaban J connectivity index is 1.55. The maximum absolute atomic E-state index is 12.0. The van der Waals surface area contributed by atoms with Crippen LogP contribution in [-0.2, 0) is 16.0 Å². The number of rotatable bonds is 7. The first-order valence-corrected chi connectivity index (χ1v) is 9.24. The molecule has 0 spiro atoms. The third-order valence-electron chi connectivity index (χ3n) is 4.23. The minimum absolute atomic E-state index is 0.00372. The number of thiazole rings is 1. The molecule has 1 aromatic carbocycles. The van der Waals surface area contributed by atoms with Crippen LogP contribution in [0.1, 0.15) is 31.7 Å². The molecule has 1 saturated carbocycles. The lowest BCUT2D eigenvalue weighted by molar-refractivity contribution is -0.119. The van der Waals surface area contributed by atoms with Gasteiger partial charge in [0, 0.05) is 24.4 Å². The van der Waals surface area contributed by atoms with Crippen LogP contribution in [-0.4, -0.2) is 28.9 Å². The minimum Gasteiger partial charge on any atom is -0.356 e. The molecule has 0 atom stereocenters. The second-order valence-corrected chi connectivity index (χ2v) is 7.29. The van der Waals surface area contributed by atoms with E-state index in [0.717, 1.165) is 36.9 Å². The van der Waals surface area contributed by atoms with Crippen LogP contribution in [0.15, 0.2) is 29.6 Å². The van der Waals surface area contributed by atoms with Crippen LogP contribution in [0.4, 0.5) is 5.13 Å². The van der Waals surface area contributed by atoms with Gasteiger partial charge in [-0.2, -0.15) is 0 Å². The number of nitrogens with zero attached hydrogens (tertiary/aromatic N) is 1. The summed E-state index contributed by atoms with van der Waals surface area (Å²) in [6.45, 7) is 2.21. The van der Waals surface area contributed by atoms with Gasteiger partial charge in [-0.1, -0.05) is 24.3 Å². The lowest BCUT2D eigenvalue weighted by Crippen LogP contribution is -2.37. The molecule has 3 rings (SSSR count). The van der Waals surface area contributed by atoms with Crippen LogP contribution in [0.25, 0.3) is 11.3 Å². The highest BCUT2D eigenvalue weighted by Crippen LogP contribution is 2.34. The van der Waals surface area contributed by atoms with E-state index in [4.69, 9.17) is 5.73 Å². The van der Waals surface area contributed by atoms with Crippen LogP contribution in [0.2, 0.25) is 0 Å². The normalized spacial score (nSPS) is 14.8. The number of benzene rings is 1. The number of anilines is 1. The molecule has 0 bridgehead atoms. The van der Waals surface area contributed by atoms with E-state index < -0.39 is 5.54 Å². The average Bonchev–Trinajstić information content (AvgIpc) is 3.17. The van der Waals surface area contributed by atoms with Crippen LogP contribution >= 0.6 is 11.3 Å². The fourth-order valence-electron chi connectivity index (χ4n) is 2.45. The molecular formula is C18H22N4O2S. The fourth-order valence-corrected chi connectivity index (χ4v) is 3.16. The van der Waals surface area contributed by atoms with E-state index in [1.165, 1.54) is 23.8 Å². The zero-order valence-electron chi connectivity index (χ0n) is 14.2. The second-order valence-electron chi connectivity index (χ2n) is 6.43. The Bertz CT molecular complexity index is 766. The van der Waals surface area contributed by atoms with Gasteiger partial charge in [0.2, 0.25) is 11.8 Å². The summed E-state index contributed by atoms with van der Waals surface area (Å²) in [7, 11) is 0. The van der Waals surface area contributed by atoms with Gasteiger partial charge in [0.05, 0.1) is 11.2 Å². The van der Waals surface area contributed by atoms with E-state index in [-0.39, 0.29) is 11.8 Å². The van der Waals surface area contributed by atoms with E-state index in [1.807, 2.05) is 17.5 Å². The highest BCUT2D eigenvalue weighted by atomic mass is 32.1. The summed E-state index contributed by atoms with van der Waals surface area (Å²) in [6, 6.07) is 8.19. The molecule has 2 aromatic rings. The summed E-state index contributed by atoms with van der Waals surface area (Å²) in [6.07, 6.45) is 3.30. The number of aromatic nitrogens is 1. The first kappa shape index (κ1) is 17.6. The number of nitrogens with one attached hydrogen (secondary N) is 2. The van der Waals surface area contributed by atoms with Gasteiger partial charge >= 0.3 is 0 Å². The average molecular weight is 358 g/mol. The van der Waals surface area contributed by atoms with Gasteiger partial charge in [-0.25, -0.2) is 4.98 Å². The Kier molecular flexibility index (Phi) is 5.15. The lowest BCUT2D eigenvalue weighted by Gasteiger charge is -2.06. The standard InChI is InChI=1S/C18H22N4O2S/c1-12(23)20-10-2-3-13-4-6-14(7-5-13)15-11-25-17(21-15)22-16(24)18(19)8-9-18/h4-7,11H,2-3,8-10,19H2,1H3,(H,20,23)(H,21,22,24). The molecular weight excluding hydrogens is 336 g/mol. The second kappa shape index (κ2) is 7.33. The van der Waals surface area contributed by atoms with Crippen molar-refractivity contribution in [2.24, 2.45) is 5.73 Å². The Morgan fingerprint density at radius 1 is 1.28 bits per heavy atom. The summed E-state index contributed by atoms with van der Waals surface area (Å²) in [5.41, 5.74) is 8.26. The van der Waals surface area contributed by atoms with Gasteiger partial charge in [0.15, 0.2) is 5.13 Å². The fraction of sp³-hybridized carbons (Fsp3) is 0.389. The molecule has 1 aliphatic rings. The molecule has 1 fully saturated rings. The Hall–Kier alpha value is -2.25. The summed E-state index contributed by atoms with van der Waals surface area (Å²) in [4.78, 5) is 27.3. The third kappa shape index (κ3) is 4.64. The monoisotopic (exact) mass is 358 g/mol. The summed E-state index contributed by atoms with van der Waals surface area (Å²) >= 11 is 1.40. The number of amides is 2. The summed E-state index contributed by atoms with van der Waals surface area (Å²) in [5, 5.41) is 8.10. The predicted octanol–water partition coefficient (Wildman–Crippen LogP) is 2.31. The molecule has 0 unspecified atom stereocenters. The van der Waals surface area contributed by atoms with Crippen molar-refractivity contribution in [1.82, 2.24) is 10.3 Å². The molecule has 0 saturated heterocycles. The molecule has 25 heavy (non-hydrogen) atoms. The van der Waals surface area contributed by atoms with Crippen molar-refractivity contribution < 1.29 is 9.59 Å². The first-order valence-electron chi connectivity index (χ1n) is 8.36. The van der Waals surface area contributed by atoms with E-state index in [9.17, 15) is 9.59 Å². The van der Waals surface area contributed by atoms with E-state index in [2.05, 4.69) is 27.8 Å². The molecule has 0 radical (unpaired) electrons. The number of hydrogen-bond acceptors (Lipinski definition) is 5. The van der Waals surface area contributed by atoms with Gasteiger partial charge in [0.1, 0.15) is 0 Å². The molecule has 4 N–H and O–H groups in total. The van der Waals surface area contributed by atoms with Crippen molar-refractivity contribution in [2.75, 3.05) is 11.9 Å². The van der Waals surface area contributed by atoms with Gasteiger partial charge in [0.25, 0.3) is 0 Å². The van der Waals surface area contributed by atoms with E-state index in [0.29, 0.717) is 11.7 Å². The van der Waals surface area contributed by atoms with Crippen molar-refractivity contribution >= 4 is 28.3 Å². The Labute approximate surface area is 150 Å². The number of carbonyl (C=O) groups is 2. The van der Waals surface area contributed by atoms with Crippen LogP contribution in [0.3, 0.4) is 0 Å². The summed E-state index contributed by atoms with van der Waals surface area (Å²) in [5.74, 6) is -0.146. The first-order chi connectivity index (χ1) is 12.0. The smallest absolute Gasteiger partial charge is 0.246 e. The number of nitrogens with two attached hydrogens (primary N) is 1.